The van der Waals surface area contributed by atoms with Crippen molar-refractivity contribution in [1.29, 1.82) is 0 Å². The van der Waals surface area contributed by atoms with Gasteiger partial charge in [-0.05, 0) is 48.8 Å². The molecule has 0 atom stereocenters. The molecule has 1 aliphatic rings. The van der Waals surface area contributed by atoms with Crippen molar-refractivity contribution in [3.63, 3.8) is 0 Å². The molecule has 0 saturated carbocycles. The topological polar surface area (TPSA) is 0 Å². The normalized spacial score (nSPS) is 18.9. The average molecular weight is 334 g/mol. The Balaban J connectivity index is 1.83. The van der Waals surface area contributed by atoms with E-state index in [9.17, 15) is 13.2 Å². The SMILES string of the molecule is CCCCc1ccc(CCC2CSC(F)(F)SC2)c(F)c1. The smallest absolute Gasteiger partial charge is 0.207 e. The number of hydrogen-bond acceptors (Lipinski definition) is 2. The van der Waals surface area contributed by atoms with Gasteiger partial charge < -0.3 is 0 Å². The van der Waals surface area contributed by atoms with Gasteiger partial charge >= 0.3 is 4.59 Å². The molecule has 1 aromatic carbocycles. The summed E-state index contributed by atoms with van der Waals surface area (Å²) >= 11 is 1.43. The van der Waals surface area contributed by atoms with E-state index < -0.39 is 4.59 Å². The first-order chi connectivity index (χ1) is 10.00. The Labute approximate surface area is 133 Å². The molecule has 1 aromatic rings. The minimum absolute atomic E-state index is 0.148. The molecular formula is C16H21F3S2. The molecule has 1 aliphatic heterocycles. The summed E-state index contributed by atoms with van der Waals surface area (Å²) < 4.78 is 37.4. The largest absolute Gasteiger partial charge is 0.341 e. The summed E-state index contributed by atoms with van der Waals surface area (Å²) in [5, 5.41) is 0. The highest BCUT2D eigenvalue weighted by molar-refractivity contribution is 8.18. The molecule has 1 heterocycles. The van der Waals surface area contributed by atoms with Gasteiger partial charge in [0.1, 0.15) is 5.82 Å². The van der Waals surface area contributed by atoms with Crippen molar-refractivity contribution in [2.45, 2.75) is 43.6 Å². The van der Waals surface area contributed by atoms with Crippen LogP contribution < -0.4 is 0 Å². The van der Waals surface area contributed by atoms with Crippen molar-refractivity contribution in [2.75, 3.05) is 11.5 Å². The van der Waals surface area contributed by atoms with Gasteiger partial charge in [0, 0.05) is 11.5 Å². The fraction of sp³-hybridized carbons (Fsp3) is 0.625. The van der Waals surface area contributed by atoms with Crippen molar-refractivity contribution in [3.05, 3.63) is 35.1 Å². The number of hydrogen-bond donors (Lipinski definition) is 0. The van der Waals surface area contributed by atoms with E-state index in [1.807, 2.05) is 12.1 Å². The van der Waals surface area contributed by atoms with Crippen LogP contribution in [0.3, 0.4) is 0 Å². The minimum Gasteiger partial charge on any atom is -0.207 e. The fourth-order valence-corrected chi connectivity index (χ4v) is 4.70. The molecule has 0 unspecified atom stereocenters. The Morgan fingerprint density at radius 2 is 1.90 bits per heavy atom. The highest BCUT2D eigenvalue weighted by Gasteiger charge is 2.36. The fourth-order valence-electron chi connectivity index (χ4n) is 2.38. The van der Waals surface area contributed by atoms with Crippen molar-refractivity contribution >= 4 is 23.5 Å². The summed E-state index contributed by atoms with van der Waals surface area (Å²) in [6.45, 7) is 2.12. The second-order valence-corrected chi connectivity index (χ2v) is 8.05. The van der Waals surface area contributed by atoms with E-state index >= 15 is 0 Å². The Kier molecular flexibility index (Phi) is 6.35. The highest BCUT2D eigenvalue weighted by Crippen LogP contribution is 2.47. The van der Waals surface area contributed by atoms with E-state index in [1.54, 1.807) is 6.07 Å². The molecule has 0 aromatic heterocycles. The third-order valence-corrected chi connectivity index (χ3v) is 6.39. The van der Waals surface area contributed by atoms with Gasteiger partial charge in [0.25, 0.3) is 0 Å². The Morgan fingerprint density at radius 3 is 2.52 bits per heavy atom. The number of unbranched alkanes of at least 4 members (excludes halogenated alkanes) is 1. The second-order valence-electron chi connectivity index (χ2n) is 5.52. The summed E-state index contributed by atoms with van der Waals surface area (Å²) in [4.78, 5) is 0. The lowest BCUT2D eigenvalue weighted by Crippen LogP contribution is -2.22. The molecule has 1 saturated heterocycles. The molecule has 0 amide bonds. The van der Waals surface area contributed by atoms with Gasteiger partial charge in [-0.2, -0.15) is 8.78 Å². The first-order valence-corrected chi connectivity index (χ1v) is 9.40. The molecule has 2 rings (SSSR count). The first kappa shape index (κ1) is 17.1. The molecule has 0 aliphatic carbocycles. The van der Waals surface area contributed by atoms with Crippen LogP contribution in [0.1, 0.15) is 37.3 Å². The van der Waals surface area contributed by atoms with Gasteiger partial charge in [-0.3, -0.25) is 0 Å². The molecule has 5 heteroatoms. The minimum atomic E-state index is -2.64. The lowest BCUT2D eigenvalue weighted by Gasteiger charge is -2.26. The average Bonchev–Trinajstić information content (AvgIpc) is 2.45. The lowest BCUT2D eigenvalue weighted by atomic mass is 9.99. The van der Waals surface area contributed by atoms with Gasteiger partial charge in [0.2, 0.25) is 0 Å². The van der Waals surface area contributed by atoms with Crippen LogP contribution in [-0.4, -0.2) is 16.1 Å². The molecular weight excluding hydrogens is 313 g/mol. The summed E-state index contributed by atoms with van der Waals surface area (Å²) in [6, 6.07) is 5.48. The summed E-state index contributed by atoms with van der Waals surface area (Å²) in [5.74, 6) is 1.04. The maximum Gasteiger partial charge on any atom is 0.341 e. The van der Waals surface area contributed by atoms with E-state index in [-0.39, 0.29) is 11.7 Å². The number of thioether (sulfide) groups is 2. The van der Waals surface area contributed by atoms with Gasteiger partial charge in [-0.1, -0.05) is 49.0 Å². The van der Waals surface area contributed by atoms with Crippen molar-refractivity contribution < 1.29 is 13.2 Å². The second kappa shape index (κ2) is 7.82. The number of aryl methyl sites for hydroxylation is 2. The third-order valence-electron chi connectivity index (χ3n) is 3.73. The van der Waals surface area contributed by atoms with E-state index in [0.29, 0.717) is 47.0 Å². The van der Waals surface area contributed by atoms with Crippen LogP contribution in [0.25, 0.3) is 0 Å². The summed E-state index contributed by atoms with van der Waals surface area (Å²) in [7, 11) is 0. The molecule has 1 fully saturated rings. The number of alkyl halides is 2. The standard InChI is InChI=1S/C16H21F3S2/c1-2-3-4-12-5-7-14(15(17)9-12)8-6-13-10-20-16(18,19)21-11-13/h5,7,9,13H,2-4,6,8,10-11H2,1H3. The van der Waals surface area contributed by atoms with Crippen LogP contribution in [0.15, 0.2) is 18.2 Å². The highest BCUT2D eigenvalue weighted by atomic mass is 32.2. The van der Waals surface area contributed by atoms with Gasteiger partial charge in [-0.15, -0.1) is 0 Å². The zero-order valence-corrected chi connectivity index (χ0v) is 13.8. The van der Waals surface area contributed by atoms with Crippen LogP contribution >= 0.6 is 23.5 Å². The quantitative estimate of drug-likeness (QED) is 0.650. The van der Waals surface area contributed by atoms with E-state index in [1.165, 1.54) is 0 Å². The predicted molar refractivity (Wildman–Crippen MR) is 86.7 cm³/mol. The molecule has 0 radical (unpaired) electrons. The molecule has 0 nitrogen and oxygen atoms in total. The summed E-state index contributed by atoms with van der Waals surface area (Å²) in [5.41, 5.74) is 1.75. The van der Waals surface area contributed by atoms with E-state index in [2.05, 4.69) is 6.92 Å². The molecule has 21 heavy (non-hydrogen) atoms. The Morgan fingerprint density at radius 1 is 1.19 bits per heavy atom. The maximum atomic E-state index is 14.0. The molecule has 0 N–H and O–H groups in total. The van der Waals surface area contributed by atoms with Gasteiger partial charge in [-0.25, -0.2) is 4.39 Å². The van der Waals surface area contributed by atoms with Crippen molar-refractivity contribution in [1.82, 2.24) is 0 Å². The van der Waals surface area contributed by atoms with Crippen LogP contribution in [0, 0.1) is 11.7 Å². The van der Waals surface area contributed by atoms with E-state index in [0.717, 1.165) is 31.2 Å². The monoisotopic (exact) mass is 334 g/mol. The maximum absolute atomic E-state index is 14.0. The van der Waals surface area contributed by atoms with Gasteiger partial charge in [0.05, 0.1) is 0 Å². The van der Waals surface area contributed by atoms with E-state index in [4.69, 9.17) is 0 Å². The van der Waals surface area contributed by atoms with Crippen LogP contribution in [0.2, 0.25) is 0 Å². The number of benzene rings is 1. The summed E-state index contributed by atoms with van der Waals surface area (Å²) in [6.07, 6.45) is 4.51. The predicted octanol–water partition coefficient (Wildman–Crippen LogP) is 5.75. The third kappa shape index (κ3) is 5.44. The molecule has 0 bridgehead atoms. The Hall–Kier alpha value is -0.290. The van der Waals surface area contributed by atoms with Crippen molar-refractivity contribution in [2.24, 2.45) is 5.92 Å². The van der Waals surface area contributed by atoms with Crippen molar-refractivity contribution in [3.8, 4) is 0 Å². The zero-order valence-electron chi connectivity index (χ0n) is 12.2. The first-order valence-electron chi connectivity index (χ1n) is 7.43. The Bertz CT molecular complexity index is 453. The molecule has 118 valence electrons. The number of rotatable bonds is 6. The van der Waals surface area contributed by atoms with Gasteiger partial charge in [0.15, 0.2) is 0 Å². The van der Waals surface area contributed by atoms with Crippen LogP contribution in [0.4, 0.5) is 13.2 Å². The van der Waals surface area contributed by atoms with Crippen LogP contribution in [0.5, 0.6) is 0 Å². The molecule has 0 spiro atoms. The number of halogens is 3. The lowest BCUT2D eigenvalue weighted by molar-refractivity contribution is 0.209. The zero-order chi connectivity index (χ0) is 15.3. The van der Waals surface area contributed by atoms with Crippen LogP contribution in [-0.2, 0) is 12.8 Å².